The van der Waals surface area contributed by atoms with E-state index < -0.39 is 0 Å². The number of halogens is 1. The molecule has 4 rings (SSSR count). The Kier molecular flexibility index (Phi) is 6.51. The Morgan fingerprint density at radius 2 is 1.94 bits per heavy atom. The minimum atomic E-state index is -0.264. The molecule has 1 N–H and O–H groups in total. The van der Waals surface area contributed by atoms with Crippen molar-refractivity contribution in [3.05, 3.63) is 56.5 Å². The van der Waals surface area contributed by atoms with Crippen LogP contribution >= 0.6 is 11.6 Å². The van der Waals surface area contributed by atoms with E-state index in [1.54, 1.807) is 29.2 Å². The maximum absolute atomic E-state index is 13.2. The van der Waals surface area contributed by atoms with Crippen molar-refractivity contribution in [2.45, 2.75) is 58.0 Å². The number of carbonyl (C=O) groups is 1. The molecule has 7 nitrogen and oxygen atoms in total. The van der Waals surface area contributed by atoms with E-state index in [0.29, 0.717) is 41.0 Å². The molecule has 1 aromatic carbocycles. The highest BCUT2D eigenvalue weighted by Gasteiger charge is 2.28. The van der Waals surface area contributed by atoms with Crippen LogP contribution in [-0.4, -0.2) is 40.2 Å². The number of nitrogens with one attached hydrogen (secondary N) is 1. The van der Waals surface area contributed by atoms with Crippen molar-refractivity contribution in [3.8, 4) is 0 Å². The van der Waals surface area contributed by atoms with Crippen LogP contribution in [0, 0.1) is 5.92 Å². The standard InChI is InChI=1S/C23H29ClN4O3/c1-15(16-6-4-3-5-7-16)25-23-26-20-12-13-27(14-19(20)22(30)28(23)31-2)21(29)17-8-10-18(24)11-9-17/h8-11,15-16H,3-7,12-14H2,1-2H3,(H,25,26)/t15-/m1/s1. The molecule has 2 aromatic rings. The number of hydrogen-bond acceptors (Lipinski definition) is 5. The number of carbonyl (C=O) groups excluding carboxylic acids is 1. The van der Waals surface area contributed by atoms with Crippen molar-refractivity contribution >= 4 is 23.5 Å². The van der Waals surface area contributed by atoms with E-state index in [-0.39, 0.29) is 24.1 Å². The molecule has 2 heterocycles. The summed E-state index contributed by atoms with van der Waals surface area (Å²) in [5, 5.41) is 4.00. The normalized spacial score (nSPS) is 17.7. The molecule has 0 radical (unpaired) electrons. The lowest BCUT2D eigenvalue weighted by Gasteiger charge is -2.31. The quantitative estimate of drug-likeness (QED) is 0.763. The van der Waals surface area contributed by atoms with E-state index in [4.69, 9.17) is 21.4 Å². The van der Waals surface area contributed by atoms with Crippen LogP contribution in [0.5, 0.6) is 0 Å². The van der Waals surface area contributed by atoms with Crippen molar-refractivity contribution in [1.82, 2.24) is 14.6 Å². The molecule has 2 aliphatic rings. The monoisotopic (exact) mass is 444 g/mol. The zero-order valence-corrected chi connectivity index (χ0v) is 18.8. The fraction of sp³-hybridized carbons (Fsp3) is 0.522. The molecular formula is C23H29ClN4O3. The summed E-state index contributed by atoms with van der Waals surface area (Å²) in [6.45, 7) is 2.87. The third kappa shape index (κ3) is 4.56. The predicted octanol–water partition coefficient (Wildman–Crippen LogP) is 3.53. The predicted molar refractivity (Wildman–Crippen MR) is 121 cm³/mol. The number of aromatic nitrogens is 2. The van der Waals surface area contributed by atoms with Crippen LogP contribution in [0.25, 0.3) is 0 Å². The minimum absolute atomic E-state index is 0.126. The zero-order chi connectivity index (χ0) is 22.0. The average Bonchev–Trinajstić information content (AvgIpc) is 2.80. The van der Waals surface area contributed by atoms with Gasteiger partial charge in [0.2, 0.25) is 5.95 Å². The van der Waals surface area contributed by atoms with Gasteiger partial charge in [-0.3, -0.25) is 9.59 Å². The minimum Gasteiger partial charge on any atom is -0.411 e. The number of fused-ring (bicyclic) bond motifs is 1. The van der Waals surface area contributed by atoms with E-state index in [2.05, 4.69) is 12.2 Å². The second-order valence-electron chi connectivity index (χ2n) is 8.46. The fourth-order valence-electron chi connectivity index (χ4n) is 4.62. The molecule has 0 spiro atoms. The van der Waals surface area contributed by atoms with Crippen molar-refractivity contribution in [2.75, 3.05) is 19.0 Å². The second kappa shape index (κ2) is 9.30. The Morgan fingerprint density at radius 3 is 2.61 bits per heavy atom. The Labute approximate surface area is 187 Å². The summed E-state index contributed by atoms with van der Waals surface area (Å²) < 4.78 is 1.22. The van der Waals surface area contributed by atoms with Crippen molar-refractivity contribution < 1.29 is 9.63 Å². The highest BCUT2D eigenvalue weighted by molar-refractivity contribution is 6.30. The van der Waals surface area contributed by atoms with E-state index >= 15 is 0 Å². The number of anilines is 1. The van der Waals surface area contributed by atoms with Gasteiger partial charge in [-0.1, -0.05) is 30.9 Å². The van der Waals surface area contributed by atoms with Gasteiger partial charge in [-0.15, -0.1) is 4.73 Å². The molecule has 1 aromatic heterocycles. The summed E-state index contributed by atoms with van der Waals surface area (Å²) >= 11 is 5.93. The van der Waals surface area contributed by atoms with Gasteiger partial charge in [0.25, 0.3) is 11.5 Å². The van der Waals surface area contributed by atoms with Gasteiger partial charge in [0.1, 0.15) is 7.11 Å². The summed E-state index contributed by atoms with van der Waals surface area (Å²) in [5.41, 5.74) is 1.52. The molecule has 1 amide bonds. The molecule has 1 aliphatic carbocycles. The Bertz CT molecular complexity index is 999. The summed E-state index contributed by atoms with van der Waals surface area (Å²) in [7, 11) is 1.46. The third-order valence-corrected chi connectivity index (χ3v) is 6.72. The van der Waals surface area contributed by atoms with Gasteiger partial charge in [-0.05, 0) is 49.9 Å². The SMILES string of the molecule is COn1c(N[C@H](C)C2CCCCC2)nc2c(c1=O)CN(C(=O)c1ccc(Cl)cc1)CC2. The maximum Gasteiger partial charge on any atom is 0.293 e. The van der Waals surface area contributed by atoms with E-state index in [1.165, 1.54) is 43.9 Å². The summed E-state index contributed by atoms with van der Waals surface area (Å²) in [6, 6.07) is 6.99. The number of nitrogens with zero attached hydrogens (tertiary/aromatic N) is 3. The van der Waals surface area contributed by atoms with Gasteiger partial charge in [0.05, 0.1) is 17.8 Å². The first-order chi connectivity index (χ1) is 15.0. The number of rotatable bonds is 5. The van der Waals surface area contributed by atoms with Gasteiger partial charge >= 0.3 is 0 Å². The van der Waals surface area contributed by atoms with Crippen molar-refractivity contribution in [1.29, 1.82) is 0 Å². The van der Waals surface area contributed by atoms with Crippen LogP contribution in [0.3, 0.4) is 0 Å². The van der Waals surface area contributed by atoms with Gasteiger partial charge < -0.3 is 15.1 Å². The molecule has 31 heavy (non-hydrogen) atoms. The van der Waals surface area contributed by atoms with Crippen LogP contribution in [0.2, 0.25) is 5.02 Å². The largest absolute Gasteiger partial charge is 0.411 e. The lowest BCUT2D eigenvalue weighted by Crippen LogP contribution is -2.43. The highest BCUT2D eigenvalue weighted by atomic mass is 35.5. The Hall–Kier alpha value is -2.54. The first kappa shape index (κ1) is 21.7. The average molecular weight is 445 g/mol. The van der Waals surface area contributed by atoms with Gasteiger partial charge in [-0.25, -0.2) is 4.98 Å². The molecule has 166 valence electrons. The summed E-state index contributed by atoms with van der Waals surface area (Å²) in [6.07, 6.45) is 6.72. The summed E-state index contributed by atoms with van der Waals surface area (Å²) in [5.74, 6) is 0.889. The van der Waals surface area contributed by atoms with Gasteiger partial charge in [-0.2, -0.15) is 0 Å². The van der Waals surface area contributed by atoms with Crippen LogP contribution in [0.15, 0.2) is 29.1 Å². The highest BCUT2D eigenvalue weighted by Crippen LogP contribution is 2.28. The molecule has 1 aliphatic heterocycles. The molecule has 0 unspecified atom stereocenters. The lowest BCUT2D eigenvalue weighted by atomic mass is 9.85. The van der Waals surface area contributed by atoms with Crippen LogP contribution in [0.1, 0.15) is 60.6 Å². The second-order valence-corrected chi connectivity index (χ2v) is 8.89. The number of benzene rings is 1. The zero-order valence-electron chi connectivity index (χ0n) is 18.1. The van der Waals surface area contributed by atoms with Gasteiger partial charge in [0, 0.05) is 29.6 Å². The topological polar surface area (TPSA) is 76.5 Å². The first-order valence-electron chi connectivity index (χ1n) is 11.0. The third-order valence-electron chi connectivity index (χ3n) is 6.47. The van der Waals surface area contributed by atoms with E-state index in [0.717, 1.165) is 5.69 Å². The fourth-order valence-corrected chi connectivity index (χ4v) is 4.75. The Morgan fingerprint density at radius 1 is 1.23 bits per heavy atom. The molecule has 1 atom stereocenters. The van der Waals surface area contributed by atoms with Crippen molar-refractivity contribution in [3.63, 3.8) is 0 Å². The first-order valence-corrected chi connectivity index (χ1v) is 11.4. The molecule has 1 saturated carbocycles. The van der Waals surface area contributed by atoms with Crippen LogP contribution < -0.4 is 15.7 Å². The van der Waals surface area contributed by atoms with E-state index in [9.17, 15) is 9.59 Å². The number of hydrogen-bond donors (Lipinski definition) is 1. The smallest absolute Gasteiger partial charge is 0.293 e. The van der Waals surface area contributed by atoms with E-state index in [1.807, 2.05) is 0 Å². The molecular weight excluding hydrogens is 416 g/mol. The molecule has 1 fully saturated rings. The molecule has 0 saturated heterocycles. The maximum atomic E-state index is 13.2. The van der Waals surface area contributed by atoms with Crippen LogP contribution in [0.4, 0.5) is 5.95 Å². The summed E-state index contributed by atoms with van der Waals surface area (Å²) in [4.78, 5) is 37.8. The molecule has 8 heteroatoms. The Balaban J connectivity index is 1.56. The number of amides is 1. The van der Waals surface area contributed by atoms with Gasteiger partial charge in [0.15, 0.2) is 0 Å². The van der Waals surface area contributed by atoms with Crippen molar-refractivity contribution in [2.24, 2.45) is 5.92 Å². The molecule has 0 bridgehead atoms. The lowest BCUT2D eigenvalue weighted by molar-refractivity contribution is 0.0728. The van der Waals surface area contributed by atoms with Crippen LogP contribution in [-0.2, 0) is 13.0 Å².